The van der Waals surface area contributed by atoms with Gasteiger partial charge < -0.3 is 49.5 Å². The lowest BCUT2D eigenvalue weighted by molar-refractivity contribution is -0.369. The molecule has 3 aromatic carbocycles. The number of hydrogen-bond acceptors (Lipinski definition) is 10. The molecule has 5 unspecified atom stereocenters. The summed E-state index contributed by atoms with van der Waals surface area (Å²) in [5, 5.41) is 23.1. The standard InChI is InChI=1S/C47H61F3N4O10/c1-4-6-7-8-9-10-11-15-24-37(55)54-38-35(5-2)59-27-34(53-45(57)51-33-23-17-21-31(26-33)47(48,49)50)40(38)62-44-39(56)42(64-46(58)52-32-22-16-18-29(3)25-32)41-36(61-44)28-60-43(63-41)30-19-13-12-14-20-30/h12-14,16-23,25-26,34-36,38-44,56H,4-11,15,24,27-28H2,1-3H3,(H,52,58)(H,54,55)(H2,51,53,57)/t34?,35?,36?,38-,39?,40+,41-,42+,43?,44+/m0/s1. The molecule has 0 aliphatic carbocycles. The van der Waals surface area contributed by atoms with Gasteiger partial charge in [0.15, 0.2) is 18.7 Å². The number of anilines is 2. The van der Waals surface area contributed by atoms with Crippen molar-refractivity contribution in [3.63, 3.8) is 0 Å². The predicted octanol–water partition coefficient (Wildman–Crippen LogP) is 8.53. The molecule has 3 saturated heterocycles. The summed E-state index contributed by atoms with van der Waals surface area (Å²) in [6, 6.07) is 17.5. The molecule has 3 aliphatic rings. The van der Waals surface area contributed by atoms with E-state index in [2.05, 4.69) is 28.2 Å². The summed E-state index contributed by atoms with van der Waals surface area (Å²) in [6.07, 6.45) is -5.78. The molecular formula is C47H61F3N4O10. The first-order chi connectivity index (χ1) is 30.8. The molecule has 4 amide bonds. The highest BCUT2D eigenvalue weighted by molar-refractivity contribution is 5.89. The lowest BCUT2D eigenvalue weighted by Crippen LogP contribution is -2.69. The van der Waals surface area contributed by atoms with Gasteiger partial charge in [0.05, 0.1) is 37.0 Å². The average molecular weight is 899 g/mol. The third-order valence-electron chi connectivity index (χ3n) is 11.6. The highest BCUT2D eigenvalue weighted by Crippen LogP contribution is 2.37. The number of aryl methyl sites for hydroxylation is 1. The predicted molar refractivity (Wildman–Crippen MR) is 231 cm³/mol. The minimum atomic E-state index is -4.64. The number of aliphatic hydroxyl groups excluding tert-OH is 1. The fourth-order valence-corrected chi connectivity index (χ4v) is 8.26. The van der Waals surface area contributed by atoms with Crippen LogP contribution in [-0.4, -0.2) is 91.3 Å². The van der Waals surface area contributed by atoms with Gasteiger partial charge in [-0.3, -0.25) is 10.1 Å². The first-order valence-electron chi connectivity index (χ1n) is 22.3. The molecule has 64 heavy (non-hydrogen) atoms. The molecule has 10 atom stereocenters. The number of benzene rings is 3. The zero-order chi connectivity index (χ0) is 45.6. The fraction of sp³-hybridized carbons (Fsp3) is 0.553. The van der Waals surface area contributed by atoms with Crippen LogP contribution in [-0.2, 0) is 39.4 Å². The highest BCUT2D eigenvalue weighted by Gasteiger charge is 2.54. The van der Waals surface area contributed by atoms with Gasteiger partial charge in [0.25, 0.3) is 0 Å². The van der Waals surface area contributed by atoms with E-state index in [0.29, 0.717) is 24.1 Å². The van der Waals surface area contributed by atoms with Crippen LogP contribution >= 0.6 is 0 Å². The average Bonchev–Trinajstić information content (AvgIpc) is 3.27. The molecule has 3 aliphatic heterocycles. The van der Waals surface area contributed by atoms with Crippen molar-refractivity contribution in [3.8, 4) is 0 Å². The van der Waals surface area contributed by atoms with E-state index in [9.17, 15) is 32.7 Å². The highest BCUT2D eigenvalue weighted by atomic mass is 19.4. The van der Waals surface area contributed by atoms with Crippen LogP contribution in [0, 0.1) is 6.92 Å². The number of carbonyl (C=O) groups excluding carboxylic acids is 3. The number of carbonyl (C=O) groups is 3. The number of unbranched alkanes of at least 4 members (excludes halogenated alkanes) is 7. The zero-order valence-corrected chi connectivity index (χ0v) is 36.5. The maximum atomic E-state index is 13.6. The number of aliphatic hydroxyl groups is 1. The van der Waals surface area contributed by atoms with Gasteiger partial charge in [0.1, 0.15) is 24.4 Å². The molecule has 0 saturated carbocycles. The van der Waals surface area contributed by atoms with Gasteiger partial charge in [-0.05, 0) is 55.7 Å². The van der Waals surface area contributed by atoms with E-state index in [1.54, 1.807) is 18.2 Å². The molecule has 350 valence electrons. The summed E-state index contributed by atoms with van der Waals surface area (Å²) in [5.41, 5.74) is 0.975. The van der Waals surface area contributed by atoms with E-state index in [-0.39, 0.29) is 31.2 Å². The van der Waals surface area contributed by atoms with Crippen molar-refractivity contribution >= 4 is 29.4 Å². The number of nitrogens with one attached hydrogen (secondary N) is 4. The number of ether oxygens (including phenoxy) is 6. The number of hydrogen-bond donors (Lipinski definition) is 5. The SMILES string of the molecule is CCCCCCCCCCC(=O)N[C@H]1C(CC)OCC(NC(=O)Nc2cccc(C(F)(F)F)c2)[C@H]1O[C@H]1OC2COC(c3ccccc3)O[C@@H]2[C@H](OC(=O)Nc2cccc(C)c2)C1O. The van der Waals surface area contributed by atoms with E-state index >= 15 is 0 Å². The van der Waals surface area contributed by atoms with Gasteiger partial charge in [-0.2, -0.15) is 13.2 Å². The summed E-state index contributed by atoms with van der Waals surface area (Å²) < 4.78 is 78.0. The van der Waals surface area contributed by atoms with Crippen molar-refractivity contribution < 1.29 is 61.1 Å². The second-order valence-electron chi connectivity index (χ2n) is 16.6. The van der Waals surface area contributed by atoms with Crippen LogP contribution in [0.3, 0.4) is 0 Å². The summed E-state index contributed by atoms with van der Waals surface area (Å²) in [7, 11) is 0. The fourth-order valence-electron chi connectivity index (χ4n) is 8.26. The van der Waals surface area contributed by atoms with Crippen LogP contribution in [0.5, 0.6) is 0 Å². The molecule has 14 nitrogen and oxygen atoms in total. The van der Waals surface area contributed by atoms with Crippen molar-refractivity contribution in [2.24, 2.45) is 0 Å². The number of fused-ring (bicyclic) bond motifs is 1. The lowest BCUT2D eigenvalue weighted by atomic mass is 9.92. The first-order valence-corrected chi connectivity index (χ1v) is 22.3. The third-order valence-corrected chi connectivity index (χ3v) is 11.6. The van der Waals surface area contributed by atoms with E-state index in [4.69, 9.17) is 28.4 Å². The molecule has 5 N–H and O–H groups in total. The van der Waals surface area contributed by atoms with Crippen molar-refractivity contribution in [2.75, 3.05) is 23.8 Å². The largest absolute Gasteiger partial charge is 0.440 e. The van der Waals surface area contributed by atoms with Crippen LogP contribution in [0.1, 0.15) is 101 Å². The number of urea groups is 1. The second kappa shape index (κ2) is 23.4. The Morgan fingerprint density at radius 3 is 2.19 bits per heavy atom. The molecule has 3 heterocycles. The minimum absolute atomic E-state index is 0.0542. The number of amides is 4. The smallest absolute Gasteiger partial charge is 0.416 e. The van der Waals surface area contributed by atoms with Gasteiger partial charge in [-0.15, -0.1) is 0 Å². The Bertz CT molecular complexity index is 1960. The van der Waals surface area contributed by atoms with Gasteiger partial charge in [0, 0.05) is 23.4 Å². The van der Waals surface area contributed by atoms with E-state index in [1.165, 1.54) is 25.0 Å². The van der Waals surface area contributed by atoms with Gasteiger partial charge >= 0.3 is 18.3 Å². The number of rotatable bonds is 18. The monoisotopic (exact) mass is 898 g/mol. The molecular weight excluding hydrogens is 838 g/mol. The Kier molecular flexibility index (Phi) is 17.8. The molecule has 0 aromatic heterocycles. The Hall–Kier alpha value is -4.78. The normalized spacial score (nSPS) is 26.9. The summed E-state index contributed by atoms with van der Waals surface area (Å²) in [4.78, 5) is 40.6. The third kappa shape index (κ3) is 13.6. The van der Waals surface area contributed by atoms with Crippen LogP contribution in [0.4, 0.5) is 34.1 Å². The Labute approximate surface area is 372 Å². The van der Waals surface area contributed by atoms with Crippen LogP contribution < -0.4 is 21.3 Å². The summed E-state index contributed by atoms with van der Waals surface area (Å²) >= 11 is 0. The van der Waals surface area contributed by atoms with Crippen molar-refractivity contribution in [1.29, 1.82) is 0 Å². The molecule has 0 radical (unpaired) electrons. The molecule has 6 rings (SSSR count). The molecule has 3 aromatic rings. The minimum Gasteiger partial charge on any atom is -0.440 e. The lowest BCUT2D eigenvalue weighted by Gasteiger charge is -2.49. The number of halogens is 3. The van der Waals surface area contributed by atoms with E-state index in [1.807, 2.05) is 50.2 Å². The van der Waals surface area contributed by atoms with Gasteiger partial charge in [0.2, 0.25) is 5.91 Å². The maximum Gasteiger partial charge on any atom is 0.416 e. The second-order valence-corrected chi connectivity index (χ2v) is 16.6. The molecule has 3 fully saturated rings. The molecule has 0 spiro atoms. The van der Waals surface area contributed by atoms with E-state index < -0.39 is 85.2 Å². The summed E-state index contributed by atoms with van der Waals surface area (Å²) in [6.45, 7) is 5.71. The number of alkyl halides is 3. The maximum absolute atomic E-state index is 13.6. The molecule has 0 bridgehead atoms. The van der Waals surface area contributed by atoms with E-state index in [0.717, 1.165) is 49.8 Å². The quantitative estimate of drug-likeness (QED) is 0.0779. The summed E-state index contributed by atoms with van der Waals surface area (Å²) in [5.74, 6) is -0.277. The van der Waals surface area contributed by atoms with Crippen molar-refractivity contribution in [1.82, 2.24) is 10.6 Å². The van der Waals surface area contributed by atoms with Crippen LogP contribution in [0.15, 0.2) is 78.9 Å². The Morgan fingerprint density at radius 2 is 1.48 bits per heavy atom. The van der Waals surface area contributed by atoms with Crippen molar-refractivity contribution in [3.05, 3.63) is 95.6 Å². The topological polar surface area (TPSA) is 175 Å². The van der Waals surface area contributed by atoms with Crippen LogP contribution in [0.2, 0.25) is 0 Å². The Morgan fingerprint density at radius 1 is 0.781 bits per heavy atom. The van der Waals surface area contributed by atoms with Crippen molar-refractivity contribution in [2.45, 2.75) is 152 Å². The zero-order valence-electron chi connectivity index (χ0n) is 36.5. The Balaban J connectivity index is 1.24. The first kappa shape index (κ1) is 48.7. The van der Waals surface area contributed by atoms with Crippen LogP contribution in [0.25, 0.3) is 0 Å². The van der Waals surface area contributed by atoms with Gasteiger partial charge in [-0.1, -0.05) is 107 Å². The molecule has 17 heteroatoms. The van der Waals surface area contributed by atoms with Gasteiger partial charge in [-0.25, -0.2) is 9.59 Å².